The molecule has 1 aromatic rings. The Morgan fingerprint density at radius 3 is 2.65 bits per heavy atom. The number of nitrogens with one attached hydrogen (secondary N) is 1. The molecule has 2 N–H and O–H groups in total. The molecule has 0 unspecified atom stereocenters. The van der Waals surface area contributed by atoms with E-state index >= 15 is 0 Å². The van der Waals surface area contributed by atoms with Crippen LogP contribution in [0.3, 0.4) is 0 Å². The maximum absolute atomic E-state index is 12.5. The SMILES string of the molecule is CNc1cc(C(F)(F)F)cc(OCCCO)n1. The van der Waals surface area contributed by atoms with E-state index in [2.05, 4.69) is 10.3 Å². The van der Waals surface area contributed by atoms with Crippen molar-refractivity contribution < 1.29 is 23.0 Å². The number of ether oxygens (including phenoxy) is 1. The van der Waals surface area contributed by atoms with E-state index in [4.69, 9.17) is 9.84 Å². The van der Waals surface area contributed by atoms with Gasteiger partial charge in [-0.2, -0.15) is 18.2 Å². The maximum Gasteiger partial charge on any atom is 0.416 e. The molecule has 1 aromatic heterocycles. The molecule has 0 aliphatic heterocycles. The number of aromatic nitrogens is 1. The number of halogens is 3. The van der Waals surface area contributed by atoms with Gasteiger partial charge in [-0.15, -0.1) is 0 Å². The molecule has 4 nitrogen and oxygen atoms in total. The average Bonchev–Trinajstić information content (AvgIpc) is 2.28. The standard InChI is InChI=1S/C10H13F3N2O2/c1-14-8-5-7(10(11,12)13)6-9(15-8)17-4-2-3-16/h5-6,16H,2-4H2,1H3,(H,14,15). The Kier molecular flexibility index (Phi) is 4.56. The number of rotatable bonds is 5. The van der Waals surface area contributed by atoms with Crippen LogP contribution in [-0.2, 0) is 6.18 Å². The van der Waals surface area contributed by atoms with Crippen molar-refractivity contribution in [2.45, 2.75) is 12.6 Å². The van der Waals surface area contributed by atoms with E-state index in [0.717, 1.165) is 12.1 Å². The second-order valence-corrected chi connectivity index (χ2v) is 3.25. The molecule has 0 radical (unpaired) electrons. The third-order valence-corrected chi connectivity index (χ3v) is 1.94. The second kappa shape index (κ2) is 5.72. The predicted molar refractivity (Wildman–Crippen MR) is 56.0 cm³/mol. The van der Waals surface area contributed by atoms with Gasteiger partial charge in [0.05, 0.1) is 12.2 Å². The number of pyridine rings is 1. The number of nitrogens with zero attached hydrogens (tertiary/aromatic N) is 1. The van der Waals surface area contributed by atoms with Crippen molar-refractivity contribution in [1.29, 1.82) is 0 Å². The molecule has 0 aromatic carbocycles. The Hall–Kier alpha value is -1.50. The van der Waals surface area contributed by atoms with Crippen molar-refractivity contribution in [3.63, 3.8) is 0 Å². The number of alkyl halides is 3. The molecule has 7 heteroatoms. The summed E-state index contributed by atoms with van der Waals surface area (Å²) in [4.78, 5) is 3.82. The highest BCUT2D eigenvalue weighted by atomic mass is 19.4. The minimum absolute atomic E-state index is 0.0822. The molecule has 0 fully saturated rings. The third kappa shape index (κ3) is 4.10. The largest absolute Gasteiger partial charge is 0.478 e. The summed E-state index contributed by atoms with van der Waals surface area (Å²) in [6.07, 6.45) is -4.10. The fourth-order valence-electron chi connectivity index (χ4n) is 1.11. The van der Waals surface area contributed by atoms with Crippen LogP contribution < -0.4 is 10.1 Å². The van der Waals surface area contributed by atoms with Gasteiger partial charge in [-0.05, 0) is 6.07 Å². The van der Waals surface area contributed by atoms with Crippen LogP contribution in [0.15, 0.2) is 12.1 Å². The van der Waals surface area contributed by atoms with Crippen LogP contribution in [0.25, 0.3) is 0 Å². The topological polar surface area (TPSA) is 54.4 Å². The Morgan fingerprint density at radius 1 is 1.41 bits per heavy atom. The van der Waals surface area contributed by atoms with Gasteiger partial charge in [-0.3, -0.25) is 0 Å². The van der Waals surface area contributed by atoms with E-state index in [-0.39, 0.29) is 24.9 Å². The molecule has 96 valence electrons. The quantitative estimate of drug-likeness (QED) is 0.784. The first-order valence-corrected chi connectivity index (χ1v) is 4.98. The lowest BCUT2D eigenvalue weighted by molar-refractivity contribution is -0.137. The molecule has 0 saturated heterocycles. The van der Waals surface area contributed by atoms with Crippen LogP contribution >= 0.6 is 0 Å². The molecule has 0 spiro atoms. The van der Waals surface area contributed by atoms with Gasteiger partial charge in [-0.1, -0.05) is 0 Å². The zero-order chi connectivity index (χ0) is 12.9. The van der Waals surface area contributed by atoms with Crippen LogP contribution in [0, 0.1) is 0 Å². The van der Waals surface area contributed by atoms with Crippen molar-refractivity contribution in [1.82, 2.24) is 4.98 Å². The Morgan fingerprint density at radius 2 is 2.12 bits per heavy atom. The van der Waals surface area contributed by atoms with Gasteiger partial charge < -0.3 is 15.2 Å². The van der Waals surface area contributed by atoms with Gasteiger partial charge in [-0.25, -0.2) is 0 Å². The minimum Gasteiger partial charge on any atom is -0.478 e. The lowest BCUT2D eigenvalue weighted by Gasteiger charge is -2.11. The molecule has 1 rings (SSSR count). The second-order valence-electron chi connectivity index (χ2n) is 3.25. The molecule has 0 atom stereocenters. The van der Waals surface area contributed by atoms with Gasteiger partial charge >= 0.3 is 6.18 Å². The normalized spacial score (nSPS) is 11.4. The van der Waals surface area contributed by atoms with Crippen LogP contribution in [-0.4, -0.2) is 30.4 Å². The summed E-state index contributed by atoms with van der Waals surface area (Å²) in [7, 11) is 1.47. The van der Waals surface area contributed by atoms with Gasteiger partial charge in [0.15, 0.2) is 0 Å². The highest BCUT2D eigenvalue weighted by molar-refractivity contribution is 5.42. The first-order chi connectivity index (χ1) is 7.97. The summed E-state index contributed by atoms with van der Waals surface area (Å²) >= 11 is 0. The molecular weight excluding hydrogens is 237 g/mol. The fourth-order valence-corrected chi connectivity index (χ4v) is 1.11. The lowest BCUT2D eigenvalue weighted by atomic mass is 10.2. The summed E-state index contributed by atoms with van der Waals surface area (Å²) in [5.41, 5.74) is -0.823. The minimum atomic E-state index is -4.44. The van der Waals surface area contributed by atoms with E-state index in [1.807, 2.05) is 0 Å². The number of aliphatic hydroxyl groups is 1. The summed E-state index contributed by atoms with van der Waals surface area (Å²) < 4.78 is 42.6. The number of aliphatic hydroxyl groups excluding tert-OH is 1. The molecule has 0 amide bonds. The Balaban J connectivity index is 2.89. The molecular formula is C10H13F3N2O2. The van der Waals surface area contributed by atoms with Crippen LogP contribution in [0.2, 0.25) is 0 Å². The van der Waals surface area contributed by atoms with E-state index in [9.17, 15) is 13.2 Å². The Bertz CT molecular complexity index is 369. The van der Waals surface area contributed by atoms with Crippen molar-refractivity contribution in [2.24, 2.45) is 0 Å². The first-order valence-electron chi connectivity index (χ1n) is 4.98. The van der Waals surface area contributed by atoms with E-state index < -0.39 is 11.7 Å². The molecule has 1 heterocycles. The fraction of sp³-hybridized carbons (Fsp3) is 0.500. The van der Waals surface area contributed by atoms with E-state index in [1.54, 1.807) is 0 Å². The van der Waals surface area contributed by atoms with Crippen LogP contribution in [0.5, 0.6) is 5.88 Å². The number of hydrogen-bond acceptors (Lipinski definition) is 4. The zero-order valence-electron chi connectivity index (χ0n) is 9.21. The highest BCUT2D eigenvalue weighted by Gasteiger charge is 2.31. The summed E-state index contributed by atoms with van der Waals surface area (Å²) in [6, 6.07) is 1.73. The van der Waals surface area contributed by atoms with Crippen molar-refractivity contribution in [3.05, 3.63) is 17.7 Å². The van der Waals surface area contributed by atoms with Gasteiger partial charge in [0.25, 0.3) is 0 Å². The van der Waals surface area contributed by atoms with Crippen LogP contribution in [0.1, 0.15) is 12.0 Å². The van der Waals surface area contributed by atoms with Crippen molar-refractivity contribution in [2.75, 3.05) is 25.6 Å². The highest BCUT2D eigenvalue weighted by Crippen LogP contribution is 2.32. The number of hydrogen-bond donors (Lipinski definition) is 2. The molecule has 0 saturated carbocycles. The Labute approximate surface area is 96.4 Å². The predicted octanol–water partition coefficient (Wildman–Crippen LogP) is 1.90. The summed E-state index contributed by atoms with van der Waals surface area (Å²) in [5.74, 6) is -0.0311. The first kappa shape index (κ1) is 13.6. The summed E-state index contributed by atoms with van der Waals surface area (Å²) in [5, 5.41) is 11.1. The maximum atomic E-state index is 12.5. The lowest BCUT2D eigenvalue weighted by Crippen LogP contribution is -2.09. The third-order valence-electron chi connectivity index (χ3n) is 1.94. The smallest absolute Gasteiger partial charge is 0.416 e. The summed E-state index contributed by atoms with van der Waals surface area (Å²) in [6.45, 7) is 0.0335. The molecule has 17 heavy (non-hydrogen) atoms. The van der Waals surface area contributed by atoms with E-state index in [0.29, 0.717) is 6.42 Å². The molecule has 0 aliphatic carbocycles. The molecule has 0 aliphatic rings. The zero-order valence-corrected chi connectivity index (χ0v) is 9.21. The van der Waals surface area contributed by atoms with Crippen LogP contribution in [0.4, 0.5) is 19.0 Å². The van der Waals surface area contributed by atoms with Crippen molar-refractivity contribution >= 4 is 5.82 Å². The van der Waals surface area contributed by atoms with E-state index in [1.165, 1.54) is 7.05 Å². The average molecular weight is 250 g/mol. The van der Waals surface area contributed by atoms with Gasteiger partial charge in [0.2, 0.25) is 5.88 Å². The van der Waals surface area contributed by atoms with Crippen molar-refractivity contribution in [3.8, 4) is 5.88 Å². The number of anilines is 1. The molecule has 0 bridgehead atoms. The van der Waals surface area contributed by atoms with Gasteiger partial charge in [0, 0.05) is 26.1 Å². The monoisotopic (exact) mass is 250 g/mol. The van der Waals surface area contributed by atoms with Gasteiger partial charge in [0.1, 0.15) is 5.82 Å².